The average Bonchev–Trinajstić information content (AvgIpc) is 3.15. The second-order valence-corrected chi connectivity index (χ2v) is 10.6. The van der Waals surface area contributed by atoms with Crippen molar-refractivity contribution in [2.24, 2.45) is 0 Å². The van der Waals surface area contributed by atoms with E-state index in [2.05, 4.69) is 24.3 Å². The van der Waals surface area contributed by atoms with Gasteiger partial charge in [-0.05, 0) is 31.0 Å². The summed E-state index contributed by atoms with van der Waals surface area (Å²) in [6.45, 7) is 7.83. The number of amides is 2. The molecule has 0 aromatic heterocycles. The third-order valence-electron chi connectivity index (χ3n) is 7.29. The maximum Gasteiger partial charge on any atom is 0.414 e. The van der Waals surface area contributed by atoms with Crippen molar-refractivity contribution >= 4 is 47.4 Å². The Bertz CT molecular complexity index is 915. The minimum absolute atomic E-state index is 0. The quantitative estimate of drug-likeness (QED) is 0.379. The van der Waals surface area contributed by atoms with Crippen molar-refractivity contribution in [1.82, 2.24) is 10.2 Å². The van der Waals surface area contributed by atoms with Crippen LogP contribution in [0.4, 0.5) is 20.6 Å². The number of aliphatic hydroxyl groups is 1. The van der Waals surface area contributed by atoms with Crippen molar-refractivity contribution in [1.29, 1.82) is 0 Å². The fourth-order valence-electron chi connectivity index (χ4n) is 4.96. The van der Waals surface area contributed by atoms with Crippen LogP contribution in [0.1, 0.15) is 19.8 Å². The first-order valence-corrected chi connectivity index (χ1v) is 12.1. The molecule has 4 rings (SSSR count). The van der Waals surface area contributed by atoms with Crippen LogP contribution >= 0.6 is 24.0 Å². The molecule has 0 bridgehead atoms. The van der Waals surface area contributed by atoms with Crippen LogP contribution in [0, 0.1) is 5.82 Å². The second-order valence-electron chi connectivity index (χ2n) is 10.6. The van der Waals surface area contributed by atoms with Crippen molar-refractivity contribution < 1.29 is 28.3 Å². The van der Waals surface area contributed by atoms with Gasteiger partial charge < -0.3 is 24.5 Å². The molecule has 0 radical (unpaired) electrons. The largest absolute Gasteiger partial charge is 0.442 e. The normalized spacial score (nSPS) is 24.0. The number of nitrogens with zero attached hydrogens (tertiary/aromatic N) is 4. The highest BCUT2D eigenvalue weighted by atomic mass is 127. The summed E-state index contributed by atoms with van der Waals surface area (Å²) in [5.41, 5.74) is 0.158. The summed E-state index contributed by atoms with van der Waals surface area (Å²) in [7, 11) is 4.47. The Morgan fingerprint density at radius 1 is 1.23 bits per heavy atom. The zero-order chi connectivity index (χ0) is 24.5. The van der Waals surface area contributed by atoms with Gasteiger partial charge in [-0.15, -0.1) is 24.0 Å². The third-order valence-corrected chi connectivity index (χ3v) is 7.29. The summed E-state index contributed by atoms with van der Waals surface area (Å²) < 4.78 is 21.3. The highest BCUT2D eigenvalue weighted by Gasteiger charge is 2.37. The molecule has 11 heteroatoms. The van der Waals surface area contributed by atoms with E-state index in [4.69, 9.17) is 4.74 Å². The number of piperidine rings is 1. The number of anilines is 2. The fraction of sp³-hybridized carbons (Fsp3) is 0.667. The molecule has 3 heterocycles. The summed E-state index contributed by atoms with van der Waals surface area (Å²) in [6.07, 6.45) is 0.160. The minimum Gasteiger partial charge on any atom is -0.442 e. The van der Waals surface area contributed by atoms with E-state index in [-0.39, 0.29) is 43.0 Å². The molecule has 0 saturated carbocycles. The zero-order valence-corrected chi connectivity index (χ0v) is 23.2. The number of likely N-dealkylation sites (N-methyl/N-ethyl adjacent to an activating group) is 1. The van der Waals surface area contributed by atoms with Crippen LogP contribution in [0.15, 0.2) is 18.2 Å². The minimum atomic E-state index is -0.746. The smallest absolute Gasteiger partial charge is 0.414 e. The topological polar surface area (TPSA) is 85.4 Å². The third kappa shape index (κ3) is 6.95. The van der Waals surface area contributed by atoms with Gasteiger partial charge in [0.2, 0.25) is 5.91 Å². The number of β-amino-alcohol motifs (C(OH)–C–C–N with tert-alkyl or cyclic N) is 1. The SMILES string of the molecule is CC(=O)NC[C@H]1CN(c2ccc(N3CCC(O)(CN4CC[N+](C)(C)CC4)CC3)c(F)c2)C(=O)O1.I. The summed E-state index contributed by atoms with van der Waals surface area (Å²) >= 11 is 0. The molecule has 9 nitrogen and oxygen atoms in total. The molecule has 35 heavy (non-hydrogen) atoms. The van der Waals surface area contributed by atoms with Crippen LogP contribution in [-0.4, -0.2) is 111 Å². The first kappa shape index (κ1) is 27.9. The molecule has 0 unspecified atom stereocenters. The Morgan fingerprint density at radius 2 is 1.89 bits per heavy atom. The number of ether oxygens (including phenoxy) is 1. The highest BCUT2D eigenvalue weighted by Crippen LogP contribution is 2.32. The Labute approximate surface area is 223 Å². The summed E-state index contributed by atoms with van der Waals surface area (Å²) in [6, 6.07) is 4.76. The van der Waals surface area contributed by atoms with Gasteiger partial charge in [0.15, 0.2) is 0 Å². The van der Waals surface area contributed by atoms with E-state index in [0.717, 1.165) is 30.7 Å². The summed E-state index contributed by atoms with van der Waals surface area (Å²) in [5.74, 6) is -0.602. The molecule has 3 saturated heterocycles. The Kier molecular flexibility index (Phi) is 8.87. The monoisotopic (exact) mass is 606 g/mol. The molecule has 2 amide bonds. The van der Waals surface area contributed by atoms with Crippen molar-refractivity contribution in [3.8, 4) is 0 Å². The molecule has 0 aliphatic carbocycles. The van der Waals surface area contributed by atoms with Crippen LogP contribution in [0.3, 0.4) is 0 Å². The number of rotatable bonds is 6. The van der Waals surface area contributed by atoms with E-state index in [0.29, 0.717) is 43.9 Å². The maximum absolute atomic E-state index is 15.1. The number of carbonyl (C=O) groups excluding carboxylic acids is 2. The Balaban J connectivity index is 0.00000342. The fourth-order valence-corrected chi connectivity index (χ4v) is 4.96. The molecular weight excluding hydrogens is 568 g/mol. The van der Waals surface area contributed by atoms with E-state index in [1.54, 1.807) is 12.1 Å². The van der Waals surface area contributed by atoms with Gasteiger partial charge in [0.05, 0.1) is 57.3 Å². The predicted octanol–water partition coefficient (Wildman–Crippen LogP) is 1.63. The van der Waals surface area contributed by atoms with Crippen LogP contribution < -0.4 is 15.1 Å². The number of hydrogen-bond donors (Lipinski definition) is 2. The Hall–Kier alpha value is -1.70. The number of benzene rings is 1. The lowest BCUT2D eigenvalue weighted by molar-refractivity contribution is -0.894. The summed E-state index contributed by atoms with van der Waals surface area (Å²) in [5, 5.41) is 13.8. The van der Waals surface area contributed by atoms with Crippen LogP contribution in [-0.2, 0) is 9.53 Å². The number of piperazine rings is 1. The number of carbonyl (C=O) groups is 2. The summed E-state index contributed by atoms with van der Waals surface area (Å²) in [4.78, 5) is 29.0. The van der Waals surface area contributed by atoms with E-state index >= 15 is 4.39 Å². The van der Waals surface area contributed by atoms with Crippen LogP contribution in [0.5, 0.6) is 0 Å². The second kappa shape index (κ2) is 11.1. The zero-order valence-electron chi connectivity index (χ0n) is 20.8. The van der Waals surface area contributed by atoms with Gasteiger partial charge in [-0.2, -0.15) is 0 Å². The van der Waals surface area contributed by atoms with Crippen molar-refractivity contribution in [2.45, 2.75) is 31.5 Å². The molecule has 2 N–H and O–H groups in total. The lowest BCUT2D eigenvalue weighted by Gasteiger charge is -2.45. The van der Waals surface area contributed by atoms with Crippen molar-refractivity contribution in [3.05, 3.63) is 24.0 Å². The van der Waals surface area contributed by atoms with Gasteiger partial charge >= 0.3 is 6.09 Å². The number of nitrogens with one attached hydrogen (secondary N) is 1. The molecule has 3 aliphatic heterocycles. The Morgan fingerprint density at radius 3 is 2.49 bits per heavy atom. The van der Waals surface area contributed by atoms with E-state index in [1.165, 1.54) is 17.9 Å². The van der Waals surface area contributed by atoms with Gasteiger partial charge in [0.25, 0.3) is 0 Å². The van der Waals surface area contributed by atoms with Crippen LogP contribution in [0.25, 0.3) is 0 Å². The lowest BCUT2D eigenvalue weighted by Crippen LogP contribution is -2.59. The van der Waals surface area contributed by atoms with Gasteiger partial charge in [-0.3, -0.25) is 14.6 Å². The number of quaternary nitrogens is 1. The van der Waals surface area contributed by atoms with Gasteiger partial charge in [-0.25, -0.2) is 9.18 Å². The number of hydrogen-bond acceptors (Lipinski definition) is 6. The average molecular weight is 607 g/mol. The van der Waals surface area contributed by atoms with Gasteiger partial charge in [0.1, 0.15) is 11.9 Å². The van der Waals surface area contributed by atoms with E-state index in [1.807, 2.05) is 4.90 Å². The highest BCUT2D eigenvalue weighted by molar-refractivity contribution is 14.0. The lowest BCUT2D eigenvalue weighted by atomic mass is 9.90. The van der Waals surface area contributed by atoms with E-state index in [9.17, 15) is 14.7 Å². The van der Waals surface area contributed by atoms with E-state index < -0.39 is 23.6 Å². The predicted molar refractivity (Wildman–Crippen MR) is 143 cm³/mol. The standard InChI is InChI=1S/C24H36FN5O4.HI/c1-18(31)26-15-20-16-29(23(32)34-20)19-4-5-22(21(25)14-19)28-8-6-24(33,7-9-28)17-27-10-12-30(2,3)13-11-27;/h4-5,14,20,33H,6-13,15-17H2,1-3H3;1H/p+1/t20-;/m0./s1. The molecule has 1 atom stereocenters. The van der Waals surface area contributed by atoms with Crippen molar-refractivity contribution in [3.63, 3.8) is 0 Å². The molecule has 0 spiro atoms. The maximum atomic E-state index is 15.1. The first-order valence-electron chi connectivity index (χ1n) is 12.1. The molecule has 196 valence electrons. The number of cyclic esters (lactones) is 1. The van der Waals surface area contributed by atoms with Gasteiger partial charge in [0, 0.05) is 39.6 Å². The number of halogens is 2. The van der Waals surface area contributed by atoms with Gasteiger partial charge in [-0.1, -0.05) is 0 Å². The van der Waals surface area contributed by atoms with Crippen LogP contribution in [0.2, 0.25) is 0 Å². The molecule has 1 aromatic carbocycles. The molecule has 3 aliphatic rings. The molecular formula is C24H38FIN5O4+. The first-order chi connectivity index (χ1) is 16.0. The van der Waals surface area contributed by atoms with Crippen molar-refractivity contribution in [2.75, 3.05) is 82.8 Å². The molecule has 1 aromatic rings. The molecule has 3 fully saturated rings.